The van der Waals surface area contributed by atoms with Gasteiger partial charge in [0, 0.05) is 29.1 Å². The number of nitrogens with zero attached hydrogens (tertiary/aromatic N) is 2. The van der Waals surface area contributed by atoms with Gasteiger partial charge in [0.05, 0.1) is 24.3 Å². The van der Waals surface area contributed by atoms with Crippen molar-refractivity contribution in [2.75, 3.05) is 12.9 Å². The Kier molecular flexibility index (Phi) is 4.92. The minimum absolute atomic E-state index is 0.310. The first kappa shape index (κ1) is 17.7. The molecule has 0 spiro atoms. The van der Waals surface area contributed by atoms with E-state index in [-0.39, 0.29) is 0 Å². The van der Waals surface area contributed by atoms with E-state index in [2.05, 4.69) is 6.07 Å². The number of thioether (sulfide) groups is 1. The Morgan fingerprint density at radius 2 is 2.07 bits per heavy atom. The summed E-state index contributed by atoms with van der Waals surface area (Å²) in [5.41, 5.74) is 2.16. The van der Waals surface area contributed by atoms with E-state index in [1.807, 2.05) is 40.9 Å². The van der Waals surface area contributed by atoms with E-state index in [9.17, 15) is 4.79 Å². The molecule has 0 radical (unpaired) electrons. The molecule has 136 valence electrons. The first-order valence-corrected chi connectivity index (χ1v) is 10.3. The highest BCUT2D eigenvalue weighted by Gasteiger charge is 2.28. The van der Waals surface area contributed by atoms with Crippen LogP contribution in [0.15, 0.2) is 42.7 Å². The van der Waals surface area contributed by atoms with Crippen molar-refractivity contribution < 1.29 is 14.3 Å². The van der Waals surface area contributed by atoms with Crippen LogP contribution in [0.4, 0.5) is 0 Å². The summed E-state index contributed by atoms with van der Waals surface area (Å²) in [6, 6.07) is 10.7. The molecule has 3 aromatic rings. The Balaban J connectivity index is 1.74. The molecule has 3 heterocycles. The molecular weight excluding hydrogens is 380 g/mol. The van der Waals surface area contributed by atoms with E-state index in [4.69, 9.17) is 14.7 Å². The van der Waals surface area contributed by atoms with Crippen LogP contribution in [-0.4, -0.2) is 23.4 Å². The highest BCUT2D eigenvalue weighted by atomic mass is 32.2. The minimum atomic E-state index is -0.397. The SMILES string of the molecule is COc1cc(C#N)ccc1OC(=O)c1c(-n2cccc2)sc2c1CCSC2. The molecule has 0 bridgehead atoms. The molecule has 27 heavy (non-hydrogen) atoms. The monoisotopic (exact) mass is 396 g/mol. The summed E-state index contributed by atoms with van der Waals surface area (Å²) in [5, 5.41) is 9.92. The number of nitriles is 1. The van der Waals surface area contributed by atoms with Crippen molar-refractivity contribution in [3.8, 4) is 22.6 Å². The fourth-order valence-electron chi connectivity index (χ4n) is 3.05. The molecule has 0 saturated heterocycles. The summed E-state index contributed by atoms with van der Waals surface area (Å²) >= 11 is 3.52. The van der Waals surface area contributed by atoms with Crippen LogP contribution in [0.3, 0.4) is 0 Å². The first-order valence-electron chi connectivity index (χ1n) is 8.37. The Bertz CT molecular complexity index is 1030. The maximum Gasteiger partial charge on any atom is 0.347 e. The second-order valence-corrected chi connectivity index (χ2v) is 8.13. The number of thiophene rings is 1. The van der Waals surface area contributed by atoms with Gasteiger partial charge in [-0.1, -0.05) is 0 Å². The van der Waals surface area contributed by atoms with Crippen molar-refractivity contribution in [1.82, 2.24) is 4.57 Å². The largest absolute Gasteiger partial charge is 0.493 e. The quantitative estimate of drug-likeness (QED) is 0.482. The van der Waals surface area contributed by atoms with Crippen molar-refractivity contribution >= 4 is 29.1 Å². The van der Waals surface area contributed by atoms with Gasteiger partial charge in [0.25, 0.3) is 0 Å². The number of fused-ring (bicyclic) bond motifs is 1. The highest BCUT2D eigenvalue weighted by Crippen LogP contribution is 2.39. The van der Waals surface area contributed by atoms with Crippen LogP contribution >= 0.6 is 23.1 Å². The van der Waals surface area contributed by atoms with Gasteiger partial charge in [-0.25, -0.2) is 4.79 Å². The van der Waals surface area contributed by atoms with Crippen LogP contribution in [-0.2, 0) is 12.2 Å². The normalized spacial score (nSPS) is 12.9. The van der Waals surface area contributed by atoms with Gasteiger partial charge in [-0.3, -0.25) is 0 Å². The van der Waals surface area contributed by atoms with Crippen LogP contribution in [0, 0.1) is 11.3 Å². The van der Waals surface area contributed by atoms with Crippen molar-refractivity contribution in [1.29, 1.82) is 5.26 Å². The number of carbonyl (C=O) groups excluding carboxylic acids is 1. The molecule has 1 aromatic carbocycles. The van der Waals surface area contributed by atoms with Gasteiger partial charge in [-0.15, -0.1) is 11.3 Å². The number of benzene rings is 1. The third-order valence-corrected chi connectivity index (χ3v) is 6.75. The minimum Gasteiger partial charge on any atom is -0.493 e. The average Bonchev–Trinajstić information content (AvgIpc) is 3.35. The van der Waals surface area contributed by atoms with Gasteiger partial charge in [-0.2, -0.15) is 17.0 Å². The fourth-order valence-corrected chi connectivity index (χ4v) is 5.49. The summed E-state index contributed by atoms with van der Waals surface area (Å²) in [6.45, 7) is 0. The van der Waals surface area contributed by atoms with E-state index in [1.165, 1.54) is 12.0 Å². The summed E-state index contributed by atoms with van der Waals surface area (Å²) < 4.78 is 12.9. The topological polar surface area (TPSA) is 64.2 Å². The Morgan fingerprint density at radius 1 is 1.26 bits per heavy atom. The van der Waals surface area contributed by atoms with Gasteiger partial charge in [0.15, 0.2) is 11.5 Å². The second kappa shape index (κ2) is 7.51. The molecule has 0 unspecified atom stereocenters. The third-order valence-electron chi connectivity index (χ3n) is 4.34. The molecule has 0 saturated carbocycles. The van der Waals surface area contributed by atoms with Crippen molar-refractivity contribution in [3.05, 3.63) is 64.3 Å². The third kappa shape index (κ3) is 3.34. The number of aromatic nitrogens is 1. The van der Waals surface area contributed by atoms with E-state index >= 15 is 0 Å². The lowest BCUT2D eigenvalue weighted by Crippen LogP contribution is -2.14. The van der Waals surface area contributed by atoms with E-state index in [0.717, 1.165) is 28.5 Å². The van der Waals surface area contributed by atoms with Crippen molar-refractivity contribution in [2.45, 2.75) is 12.2 Å². The summed E-state index contributed by atoms with van der Waals surface area (Å²) in [4.78, 5) is 14.4. The van der Waals surface area contributed by atoms with Gasteiger partial charge < -0.3 is 14.0 Å². The average molecular weight is 396 g/mol. The Morgan fingerprint density at radius 3 is 2.81 bits per heavy atom. The molecule has 0 amide bonds. The molecular formula is C20H16N2O3S2. The molecule has 4 rings (SSSR count). The van der Waals surface area contributed by atoms with E-state index < -0.39 is 5.97 Å². The lowest BCUT2D eigenvalue weighted by Gasteiger charge is -2.14. The molecule has 1 aliphatic heterocycles. The zero-order valence-electron chi connectivity index (χ0n) is 14.6. The van der Waals surface area contributed by atoms with Crippen molar-refractivity contribution in [2.24, 2.45) is 0 Å². The van der Waals surface area contributed by atoms with Gasteiger partial charge in [0.2, 0.25) is 0 Å². The number of esters is 1. The predicted octanol–water partition coefficient (Wildman–Crippen LogP) is 4.43. The van der Waals surface area contributed by atoms with Crippen LogP contribution in [0.25, 0.3) is 5.00 Å². The molecule has 0 aliphatic carbocycles. The lowest BCUT2D eigenvalue weighted by molar-refractivity contribution is 0.0729. The molecule has 0 atom stereocenters. The molecule has 7 heteroatoms. The van der Waals surface area contributed by atoms with E-state index in [0.29, 0.717) is 22.6 Å². The summed E-state index contributed by atoms with van der Waals surface area (Å²) in [6.07, 6.45) is 4.72. The van der Waals surface area contributed by atoms with Crippen LogP contribution in [0.2, 0.25) is 0 Å². The van der Waals surface area contributed by atoms with Crippen LogP contribution < -0.4 is 9.47 Å². The molecule has 1 aliphatic rings. The zero-order chi connectivity index (χ0) is 18.8. The van der Waals surface area contributed by atoms with Crippen LogP contribution in [0.1, 0.15) is 26.4 Å². The van der Waals surface area contributed by atoms with Gasteiger partial charge in [-0.05, 0) is 42.0 Å². The van der Waals surface area contributed by atoms with Gasteiger partial charge >= 0.3 is 5.97 Å². The number of rotatable bonds is 4. The molecule has 5 nitrogen and oxygen atoms in total. The standard InChI is InChI=1S/C20H16N2O3S2/c1-24-16-10-13(11-21)4-5-15(16)25-20(23)18-14-6-9-26-12-17(14)27-19(18)22-7-2-3-8-22/h2-5,7-8,10H,6,9,12H2,1H3. The fraction of sp³-hybridized carbons (Fsp3) is 0.200. The lowest BCUT2D eigenvalue weighted by atomic mass is 10.1. The Hall–Kier alpha value is -2.69. The number of hydrogen-bond acceptors (Lipinski definition) is 6. The smallest absolute Gasteiger partial charge is 0.347 e. The summed E-state index contributed by atoms with van der Waals surface area (Å²) in [5.74, 6) is 2.19. The molecule has 2 aromatic heterocycles. The Labute approximate surface area is 165 Å². The van der Waals surface area contributed by atoms with Crippen molar-refractivity contribution in [3.63, 3.8) is 0 Å². The first-order chi connectivity index (χ1) is 13.2. The number of methoxy groups -OCH3 is 1. The summed E-state index contributed by atoms with van der Waals surface area (Å²) in [7, 11) is 1.49. The van der Waals surface area contributed by atoms with E-state index in [1.54, 1.807) is 29.5 Å². The second-order valence-electron chi connectivity index (χ2n) is 5.94. The molecule has 0 fully saturated rings. The van der Waals surface area contributed by atoms with Gasteiger partial charge in [0.1, 0.15) is 5.00 Å². The van der Waals surface area contributed by atoms with Crippen LogP contribution in [0.5, 0.6) is 11.5 Å². The highest BCUT2D eigenvalue weighted by molar-refractivity contribution is 7.98. The maximum atomic E-state index is 13.1. The molecule has 0 N–H and O–H groups in total. The zero-order valence-corrected chi connectivity index (χ0v) is 16.2. The number of ether oxygens (including phenoxy) is 2. The number of hydrogen-bond donors (Lipinski definition) is 0. The maximum absolute atomic E-state index is 13.1. The number of carbonyl (C=O) groups is 1. The predicted molar refractivity (Wildman–Crippen MR) is 106 cm³/mol.